The van der Waals surface area contributed by atoms with Crippen molar-refractivity contribution >= 4 is 46.0 Å². The minimum atomic E-state index is -1.14. The Morgan fingerprint density at radius 1 is 1.00 bits per heavy atom. The molecule has 0 fully saturated rings. The molecular weight excluding hydrogens is 577 g/mol. The largest absolute Gasteiger partial charge is 0.444 e. The monoisotopic (exact) mass is 612 g/mol. The SMILES string of the molecule is C[C@H](NC(=O)OC(C)(C)C)[C@H](Nc1nc(Nc2ccc3c(c2)c(N(C)C)nn3C)c(C(N)=O)cc1F)c1ccc(F)c(F)c1. The van der Waals surface area contributed by atoms with Gasteiger partial charge in [0.05, 0.1) is 23.2 Å². The van der Waals surface area contributed by atoms with Gasteiger partial charge in [-0.3, -0.25) is 9.48 Å². The molecule has 0 unspecified atom stereocenters. The number of anilines is 4. The fourth-order valence-corrected chi connectivity index (χ4v) is 4.59. The lowest BCUT2D eigenvalue weighted by atomic mass is 10.00. The highest BCUT2D eigenvalue weighted by molar-refractivity contribution is 5.99. The normalized spacial score (nSPS) is 12.9. The lowest BCUT2D eigenvalue weighted by Gasteiger charge is -2.29. The van der Waals surface area contributed by atoms with Gasteiger partial charge < -0.3 is 31.3 Å². The Morgan fingerprint density at radius 3 is 2.32 bits per heavy atom. The molecule has 2 heterocycles. The molecule has 0 spiro atoms. The molecule has 0 saturated heterocycles. The molecule has 2 atom stereocenters. The van der Waals surface area contributed by atoms with E-state index in [9.17, 15) is 18.4 Å². The van der Waals surface area contributed by atoms with E-state index < -0.39 is 47.1 Å². The van der Waals surface area contributed by atoms with Crippen molar-refractivity contribution in [1.82, 2.24) is 20.1 Å². The Balaban J connectivity index is 1.74. The number of primary amides is 1. The zero-order chi connectivity index (χ0) is 32.5. The van der Waals surface area contributed by atoms with E-state index in [1.807, 2.05) is 32.1 Å². The first-order valence-corrected chi connectivity index (χ1v) is 13.7. The summed E-state index contributed by atoms with van der Waals surface area (Å²) < 4.78 is 50.5. The minimum Gasteiger partial charge on any atom is -0.444 e. The number of nitrogens with two attached hydrogens (primary N) is 1. The number of ether oxygens (including phenoxy) is 1. The van der Waals surface area contributed by atoms with E-state index in [1.165, 1.54) is 6.07 Å². The number of benzene rings is 2. The van der Waals surface area contributed by atoms with Crippen molar-refractivity contribution in [2.45, 2.75) is 45.4 Å². The van der Waals surface area contributed by atoms with E-state index in [1.54, 1.807) is 44.5 Å². The number of carbonyl (C=O) groups is 2. The number of nitrogens with zero attached hydrogens (tertiary/aromatic N) is 4. The molecular formula is C30H35F3N8O3. The number of aryl methyl sites for hydroxylation is 1. The molecule has 0 saturated carbocycles. The summed E-state index contributed by atoms with van der Waals surface area (Å²) >= 11 is 0. The maximum atomic E-state index is 15.4. The molecule has 2 amide bonds. The van der Waals surface area contributed by atoms with Crippen LogP contribution in [0, 0.1) is 17.5 Å². The number of alkyl carbamates (subject to hydrolysis) is 1. The summed E-state index contributed by atoms with van der Waals surface area (Å²) in [6, 6.07) is 7.56. The Morgan fingerprint density at radius 2 is 1.70 bits per heavy atom. The first kappa shape index (κ1) is 31.9. The van der Waals surface area contributed by atoms with Gasteiger partial charge in [0.25, 0.3) is 5.91 Å². The predicted molar refractivity (Wildman–Crippen MR) is 163 cm³/mol. The van der Waals surface area contributed by atoms with Crippen molar-refractivity contribution in [3.05, 3.63) is 71.0 Å². The predicted octanol–water partition coefficient (Wildman–Crippen LogP) is 5.36. The second kappa shape index (κ2) is 12.3. The lowest BCUT2D eigenvalue weighted by molar-refractivity contribution is 0.0503. The second-order valence-electron chi connectivity index (χ2n) is 11.5. The van der Waals surface area contributed by atoms with Gasteiger partial charge in [0, 0.05) is 32.2 Å². The highest BCUT2D eigenvalue weighted by atomic mass is 19.2. The van der Waals surface area contributed by atoms with Gasteiger partial charge in [0.1, 0.15) is 11.4 Å². The number of nitrogens with one attached hydrogen (secondary N) is 3. The number of pyridine rings is 1. The van der Waals surface area contributed by atoms with Gasteiger partial charge >= 0.3 is 6.09 Å². The zero-order valence-electron chi connectivity index (χ0n) is 25.4. The van der Waals surface area contributed by atoms with Crippen molar-refractivity contribution in [2.24, 2.45) is 12.8 Å². The summed E-state index contributed by atoms with van der Waals surface area (Å²) in [4.78, 5) is 31.0. The molecule has 0 radical (unpaired) electrons. The fourth-order valence-electron chi connectivity index (χ4n) is 4.59. The maximum Gasteiger partial charge on any atom is 0.407 e. The van der Waals surface area contributed by atoms with Gasteiger partial charge in [-0.15, -0.1) is 0 Å². The molecule has 2 aromatic heterocycles. The van der Waals surface area contributed by atoms with E-state index in [-0.39, 0.29) is 22.8 Å². The minimum absolute atomic E-state index is 0.0622. The van der Waals surface area contributed by atoms with Crippen LogP contribution in [0.1, 0.15) is 49.7 Å². The molecule has 234 valence electrons. The van der Waals surface area contributed by atoms with E-state index >= 15 is 4.39 Å². The van der Waals surface area contributed by atoms with Crippen molar-refractivity contribution < 1.29 is 27.5 Å². The molecule has 4 rings (SSSR count). The number of hydrogen-bond donors (Lipinski definition) is 4. The molecule has 2 aromatic carbocycles. The van der Waals surface area contributed by atoms with Crippen LogP contribution in [0.25, 0.3) is 10.9 Å². The van der Waals surface area contributed by atoms with Crippen molar-refractivity contribution in [1.29, 1.82) is 0 Å². The van der Waals surface area contributed by atoms with Crippen LogP contribution in [0.2, 0.25) is 0 Å². The standard InChI is InChI=1S/C30H35F3N8O3/c1-15(35-29(43)44-30(2,3)4)24(16-8-10-20(31)21(32)12-16)37-27-22(33)14-19(25(34)42)26(38-27)36-17-9-11-23-18(13-17)28(40(5)6)39-41(23)7/h8-15,24H,1-7H3,(H2,34,42)(H,35,43)(H2,36,37,38)/t15-,24-/m0/s1. The number of rotatable bonds is 9. The molecule has 11 nitrogen and oxygen atoms in total. The average Bonchev–Trinajstić information content (AvgIpc) is 3.24. The smallest absolute Gasteiger partial charge is 0.407 e. The van der Waals surface area contributed by atoms with Crippen LogP contribution in [0.4, 0.5) is 41.1 Å². The van der Waals surface area contributed by atoms with E-state index in [4.69, 9.17) is 10.5 Å². The van der Waals surface area contributed by atoms with Crippen LogP contribution in [-0.4, -0.2) is 52.5 Å². The molecule has 4 aromatic rings. The highest BCUT2D eigenvalue weighted by Gasteiger charge is 2.27. The number of carbonyl (C=O) groups excluding carboxylic acids is 2. The number of aromatic nitrogens is 3. The van der Waals surface area contributed by atoms with E-state index in [0.717, 1.165) is 29.1 Å². The number of hydrogen-bond acceptors (Lipinski definition) is 8. The van der Waals surface area contributed by atoms with Crippen LogP contribution >= 0.6 is 0 Å². The fraction of sp³-hybridized carbons (Fsp3) is 0.333. The third kappa shape index (κ3) is 7.13. The summed E-state index contributed by atoms with van der Waals surface area (Å²) in [5, 5.41) is 13.9. The van der Waals surface area contributed by atoms with Crippen LogP contribution in [-0.2, 0) is 11.8 Å². The molecule has 5 N–H and O–H groups in total. The Kier molecular flexibility index (Phi) is 8.93. The van der Waals surface area contributed by atoms with Crippen molar-refractivity contribution in [3.63, 3.8) is 0 Å². The summed E-state index contributed by atoms with van der Waals surface area (Å²) in [7, 11) is 5.53. The quantitative estimate of drug-likeness (QED) is 0.198. The van der Waals surface area contributed by atoms with Gasteiger partial charge in [-0.1, -0.05) is 6.07 Å². The molecule has 0 aliphatic rings. The Bertz CT molecular complexity index is 1720. The zero-order valence-corrected chi connectivity index (χ0v) is 25.4. The van der Waals surface area contributed by atoms with Crippen LogP contribution in [0.3, 0.4) is 0 Å². The van der Waals surface area contributed by atoms with Crippen molar-refractivity contribution in [2.75, 3.05) is 29.6 Å². The third-order valence-electron chi connectivity index (χ3n) is 6.60. The molecule has 0 aliphatic heterocycles. The summed E-state index contributed by atoms with van der Waals surface area (Å²) in [5.74, 6) is -3.80. The van der Waals surface area contributed by atoms with Gasteiger partial charge in [-0.2, -0.15) is 5.10 Å². The first-order valence-electron chi connectivity index (χ1n) is 13.7. The lowest BCUT2D eigenvalue weighted by Crippen LogP contribution is -2.42. The summed E-state index contributed by atoms with van der Waals surface area (Å²) in [6.07, 6.45) is -0.776. The molecule has 0 aliphatic carbocycles. The Labute approximate surface area is 252 Å². The summed E-state index contributed by atoms with van der Waals surface area (Å²) in [6.45, 7) is 6.63. The summed E-state index contributed by atoms with van der Waals surface area (Å²) in [5.41, 5.74) is 6.07. The highest BCUT2D eigenvalue weighted by Crippen LogP contribution is 2.32. The van der Waals surface area contributed by atoms with Crippen LogP contribution in [0.15, 0.2) is 42.5 Å². The molecule has 44 heavy (non-hydrogen) atoms. The number of fused-ring (bicyclic) bond motifs is 1. The van der Waals surface area contributed by atoms with Crippen LogP contribution in [0.5, 0.6) is 0 Å². The van der Waals surface area contributed by atoms with E-state index in [0.29, 0.717) is 11.5 Å². The second-order valence-corrected chi connectivity index (χ2v) is 11.5. The molecule has 14 heteroatoms. The van der Waals surface area contributed by atoms with Gasteiger partial charge in [-0.25, -0.2) is 22.9 Å². The number of amides is 2. The maximum absolute atomic E-state index is 15.4. The third-order valence-corrected chi connectivity index (χ3v) is 6.60. The average molecular weight is 613 g/mol. The van der Waals surface area contributed by atoms with E-state index in [2.05, 4.69) is 26.0 Å². The van der Waals surface area contributed by atoms with Gasteiger partial charge in [-0.05, 0) is 69.7 Å². The number of halogens is 3. The topological polar surface area (TPSA) is 139 Å². The Hall–Kier alpha value is -5.01. The molecule has 0 bridgehead atoms. The van der Waals surface area contributed by atoms with Crippen molar-refractivity contribution in [3.8, 4) is 0 Å². The van der Waals surface area contributed by atoms with Gasteiger partial charge in [0.15, 0.2) is 29.1 Å². The van der Waals surface area contributed by atoms with Gasteiger partial charge in [0.2, 0.25) is 0 Å². The first-order chi connectivity index (χ1) is 20.5. The van der Waals surface area contributed by atoms with Crippen LogP contribution < -0.4 is 26.6 Å².